The molecule has 0 bridgehead atoms. The minimum Gasteiger partial charge on any atom is -0.384 e. The molecule has 1 amide bonds. The van der Waals surface area contributed by atoms with Gasteiger partial charge in [0.25, 0.3) is 0 Å². The third-order valence-electron chi connectivity index (χ3n) is 3.01. The Morgan fingerprint density at radius 2 is 2.10 bits per heavy atom. The summed E-state index contributed by atoms with van der Waals surface area (Å²) in [6.45, 7) is 3.94. The summed E-state index contributed by atoms with van der Waals surface area (Å²) in [6.07, 6.45) is 4.89. The standard InChI is InChI=1S/C17H23NO2/c1-3-4-5-6-9-17(20)18-16-13-14(2)10-11-15(16)8-7-12-19/h10-11,13,19H,3-6,9,12H2,1-2H3,(H,18,20). The molecule has 0 saturated carbocycles. The number of aliphatic hydroxyl groups is 1. The molecule has 0 aromatic heterocycles. The van der Waals surface area contributed by atoms with Crippen LogP contribution in [0.25, 0.3) is 0 Å². The van der Waals surface area contributed by atoms with Crippen LogP contribution in [0.1, 0.15) is 50.2 Å². The molecular formula is C17H23NO2. The molecule has 2 N–H and O–H groups in total. The van der Waals surface area contributed by atoms with Crippen molar-refractivity contribution in [3.05, 3.63) is 29.3 Å². The molecule has 3 nitrogen and oxygen atoms in total. The largest absolute Gasteiger partial charge is 0.384 e. The lowest BCUT2D eigenvalue weighted by Gasteiger charge is -2.08. The van der Waals surface area contributed by atoms with Crippen LogP contribution < -0.4 is 5.32 Å². The van der Waals surface area contributed by atoms with Gasteiger partial charge in [0.1, 0.15) is 6.61 Å². The Kier molecular flexibility index (Phi) is 7.46. The van der Waals surface area contributed by atoms with Gasteiger partial charge in [-0.25, -0.2) is 0 Å². The highest BCUT2D eigenvalue weighted by molar-refractivity contribution is 5.92. The molecule has 1 aromatic rings. The van der Waals surface area contributed by atoms with E-state index < -0.39 is 0 Å². The van der Waals surface area contributed by atoms with E-state index in [1.807, 2.05) is 25.1 Å². The van der Waals surface area contributed by atoms with E-state index in [9.17, 15) is 4.79 Å². The summed E-state index contributed by atoms with van der Waals surface area (Å²) in [4.78, 5) is 11.9. The van der Waals surface area contributed by atoms with Crippen molar-refractivity contribution >= 4 is 11.6 Å². The van der Waals surface area contributed by atoms with E-state index >= 15 is 0 Å². The summed E-state index contributed by atoms with van der Waals surface area (Å²) in [5.41, 5.74) is 2.54. The molecule has 0 spiro atoms. The van der Waals surface area contributed by atoms with Crippen molar-refractivity contribution < 1.29 is 9.90 Å². The van der Waals surface area contributed by atoms with Gasteiger partial charge < -0.3 is 10.4 Å². The fourth-order valence-electron chi connectivity index (χ4n) is 1.93. The Morgan fingerprint density at radius 1 is 1.30 bits per heavy atom. The van der Waals surface area contributed by atoms with E-state index in [2.05, 4.69) is 24.1 Å². The number of aryl methyl sites for hydroxylation is 1. The predicted molar refractivity (Wildman–Crippen MR) is 82.5 cm³/mol. The van der Waals surface area contributed by atoms with Gasteiger partial charge in [-0.2, -0.15) is 0 Å². The van der Waals surface area contributed by atoms with Crippen molar-refractivity contribution in [2.24, 2.45) is 0 Å². The Balaban J connectivity index is 2.65. The summed E-state index contributed by atoms with van der Waals surface area (Å²) in [7, 11) is 0. The molecule has 3 heteroatoms. The molecule has 0 aliphatic rings. The van der Waals surface area contributed by atoms with Gasteiger partial charge in [0.05, 0.1) is 5.69 Å². The maximum absolute atomic E-state index is 11.9. The number of rotatable bonds is 6. The number of amides is 1. The molecule has 0 unspecified atom stereocenters. The number of benzene rings is 1. The second-order valence-electron chi connectivity index (χ2n) is 4.87. The number of anilines is 1. The summed E-state index contributed by atoms with van der Waals surface area (Å²) >= 11 is 0. The van der Waals surface area contributed by atoms with E-state index in [0.717, 1.165) is 29.7 Å². The zero-order valence-corrected chi connectivity index (χ0v) is 12.3. The molecule has 0 fully saturated rings. The third kappa shape index (κ3) is 5.90. The normalized spacial score (nSPS) is 9.75. The number of nitrogens with one attached hydrogen (secondary N) is 1. The van der Waals surface area contributed by atoms with Gasteiger partial charge in [0.2, 0.25) is 5.91 Å². The second-order valence-corrected chi connectivity index (χ2v) is 4.87. The molecular weight excluding hydrogens is 250 g/mol. The Labute approximate surface area is 121 Å². The number of hydrogen-bond donors (Lipinski definition) is 2. The number of carbonyl (C=O) groups excluding carboxylic acids is 1. The van der Waals surface area contributed by atoms with E-state index in [-0.39, 0.29) is 12.5 Å². The molecule has 1 aromatic carbocycles. The van der Waals surface area contributed by atoms with Crippen LogP contribution in [0.2, 0.25) is 0 Å². The highest BCUT2D eigenvalue weighted by atomic mass is 16.2. The van der Waals surface area contributed by atoms with Gasteiger partial charge in [-0.1, -0.05) is 44.1 Å². The fourth-order valence-corrected chi connectivity index (χ4v) is 1.93. The van der Waals surface area contributed by atoms with Crippen LogP contribution in [-0.4, -0.2) is 17.6 Å². The van der Waals surface area contributed by atoms with Crippen molar-refractivity contribution in [3.8, 4) is 11.8 Å². The highest BCUT2D eigenvalue weighted by Crippen LogP contribution is 2.17. The average molecular weight is 273 g/mol. The molecule has 1 rings (SSSR count). The molecule has 0 radical (unpaired) electrons. The zero-order valence-electron chi connectivity index (χ0n) is 12.3. The lowest BCUT2D eigenvalue weighted by atomic mass is 10.1. The molecule has 0 atom stereocenters. The molecule has 0 heterocycles. The first-order chi connectivity index (χ1) is 9.67. The topological polar surface area (TPSA) is 49.3 Å². The van der Waals surface area contributed by atoms with E-state index in [0.29, 0.717) is 6.42 Å². The molecule has 20 heavy (non-hydrogen) atoms. The SMILES string of the molecule is CCCCCCC(=O)Nc1cc(C)ccc1C#CCO. The number of unbranched alkanes of at least 4 members (excludes halogenated alkanes) is 3. The van der Waals surface area contributed by atoms with Crippen molar-refractivity contribution in [1.29, 1.82) is 0 Å². The zero-order chi connectivity index (χ0) is 14.8. The number of aliphatic hydroxyl groups excluding tert-OH is 1. The van der Waals surface area contributed by atoms with Crippen LogP contribution in [0.4, 0.5) is 5.69 Å². The Bertz CT molecular complexity index is 497. The van der Waals surface area contributed by atoms with Crippen molar-refractivity contribution in [2.75, 3.05) is 11.9 Å². The van der Waals surface area contributed by atoms with Crippen LogP contribution in [0, 0.1) is 18.8 Å². The lowest BCUT2D eigenvalue weighted by molar-refractivity contribution is -0.116. The van der Waals surface area contributed by atoms with Crippen LogP contribution in [0.15, 0.2) is 18.2 Å². The van der Waals surface area contributed by atoms with Crippen LogP contribution in [-0.2, 0) is 4.79 Å². The number of carbonyl (C=O) groups is 1. The maximum atomic E-state index is 11.9. The van der Waals surface area contributed by atoms with Gasteiger partial charge >= 0.3 is 0 Å². The smallest absolute Gasteiger partial charge is 0.224 e. The molecule has 108 valence electrons. The molecule has 0 aliphatic heterocycles. The minimum atomic E-state index is -0.182. The van der Waals surface area contributed by atoms with Gasteiger partial charge in [0.15, 0.2) is 0 Å². The summed E-state index contributed by atoms with van der Waals surface area (Å²) in [5, 5.41) is 11.7. The monoisotopic (exact) mass is 273 g/mol. The third-order valence-corrected chi connectivity index (χ3v) is 3.01. The first-order valence-corrected chi connectivity index (χ1v) is 7.17. The first kappa shape index (κ1) is 16.3. The highest BCUT2D eigenvalue weighted by Gasteiger charge is 2.06. The van der Waals surface area contributed by atoms with Crippen molar-refractivity contribution in [3.63, 3.8) is 0 Å². The van der Waals surface area contributed by atoms with Gasteiger partial charge in [0, 0.05) is 12.0 Å². The Hall–Kier alpha value is -1.79. The van der Waals surface area contributed by atoms with Gasteiger partial charge in [-0.15, -0.1) is 0 Å². The van der Waals surface area contributed by atoms with Crippen LogP contribution in [0.3, 0.4) is 0 Å². The van der Waals surface area contributed by atoms with Crippen LogP contribution >= 0.6 is 0 Å². The second kappa shape index (κ2) is 9.17. The molecule has 0 saturated heterocycles. The molecule has 0 aliphatic carbocycles. The Morgan fingerprint density at radius 3 is 2.80 bits per heavy atom. The summed E-state index contributed by atoms with van der Waals surface area (Å²) in [6, 6.07) is 5.72. The minimum absolute atomic E-state index is 0.0266. The van der Waals surface area contributed by atoms with Crippen molar-refractivity contribution in [1.82, 2.24) is 0 Å². The quantitative estimate of drug-likeness (QED) is 0.617. The first-order valence-electron chi connectivity index (χ1n) is 7.17. The number of hydrogen-bond acceptors (Lipinski definition) is 2. The van der Waals surface area contributed by atoms with E-state index in [4.69, 9.17) is 5.11 Å². The van der Waals surface area contributed by atoms with Crippen LogP contribution in [0.5, 0.6) is 0 Å². The maximum Gasteiger partial charge on any atom is 0.224 e. The average Bonchev–Trinajstić information content (AvgIpc) is 2.43. The van der Waals surface area contributed by atoms with E-state index in [1.54, 1.807) is 0 Å². The van der Waals surface area contributed by atoms with Crippen molar-refractivity contribution in [2.45, 2.75) is 46.0 Å². The van der Waals surface area contributed by atoms with Gasteiger partial charge in [-0.05, 0) is 31.0 Å². The summed E-state index contributed by atoms with van der Waals surface area (Å²) in [5.74, 6) is 5.50. The lowest BCUT2D eigenvalue weighted by Crippen LogP contribution is -2.12. The predicted octanol–water partition coefficient (Wildman–Crippen LogP) is 3.25. The fraction of sp³-hybridized carbons (Fsp3) is 0.471. The van der Waals surface area contributed by atoms with Gasteiger partial charge in [-0.3, -0.25) is 4.79 Å². The van der Waals surface area contributed by atoms with E-state index in [1.165, 1.54) is 12.8 Å². The summed E-state index contributed by atoms with van der Waals surface area (Å²) < 4.78 is 0.